The number of sulfonamides is 1. The molecule has 0 aliphatic heterocycles. The number of hydrogen-bond donors (Lipinski definition) is 2. The molecule has 1 aromatic rings. The Morgan fingerprint density at radius 2 is 1.83 bits per heavy atom. The van der Waals surface area contributed by atoms with E-state index in [9.17, 15) is 21.2 Å². The highest BCUT2D eigenvalue weighted by Gasteiger charge is 2.29. The molecule has 0 spiro atoms. The van der Waals surface area contributed by atoms with Gasteiger partial charge in [-0.15, -0.1) is 12.4 Å². The van der Waals surface area contributed by atoms with Gasteiger partial charge in [-0.2, -0.15) is 0 Å². The first kappa shape index (κ1) is 21.3. The van der Waals surface area contributed by atoms with Crippen molar-refractivity contribution < 1.29 is 21.2 Å². The van der Waals surface area contributed by atoms with Crippen LogP contribution in [0.15, 0.2) is 28.0 Å². The summed E-state index contributed by atoms with van der Waals surface area (Å²) in [5.41, 5.74) is 5.68. The van der Waals surface area contributed by atoms with Crippen molar-refractivity contribution in [1.29, 1.82) is 0 Å². The fourth-order valence-corrected chi connectivity index (χ4v) is 4.94. The zero-order valence-corrected chi connectivity index (χ0v) is 15.7. The second kappa shape index (κ2) is 8.09. The minimum absolute atomic E-state index is 0. The van der Waals surface area contributed by atoms with E-state index in [4.69, 9.17) is 5.73 Å². The van der Waals surface area contributed by atoms with Crippen molar-refractivity contribution in [1.82, 2.24) is 4.72 Å². The highest BCUT2D eigenvalue weighted by atomic mass is 35.5. The molecular formula is C14H22ClFN2O4S2. The number of hydrogen-bond acceptors (Lipinski definition) is 5. The molecule has 6 nitrogen and oxygen atoms in total. The number of benzene rings is 1. The molecule has 1 fully saturated rings. The SMILES string of the molecule is CS(=O)(=O)c1ccc(S(=O)(=O)NC2CCCCC2CN)cc1F.Cl. The molecule has 1 aliphatic rings. The second-order valence-electron chi connectivity index (χ2n) is 5.87. The van der Waals surface area contributed by atoms with E-state index in [2.05, 4.69) is 4.72 Å². The van der Waals surface area contributed by atoms with Crippen LogP contribution in [0, 0.1) is 11.7 Å². The summed E-state index contributed by atoms with van der Waals surface area (Å²) >= 11 is 0. The van der Waals surface area contributed by atoms with Crippen LogP contribution in [0.1, 0.15) is 25.7 Å². The number of halogens is 2. The molecule has 10 heteroatoms. The van der Waals surface area contributed by atoms with Crippen molar-refractivity contribution in [2.24, 2.45) is 11.7 Å². The van der Waals surface area contributed by atoms with E-state index in [0.29, 0.717) is 13.0 Å². The first-order valence-corrected chi connectivity index (χ1v) is 10.7. The Bertz CT molecular complexity index is 784. The third kappa shape index (κ3) is 4.89. The first-order chi connectivity index (χ1) is 10.6. The van der Waals surface area contributed by atoms with Crippen LogP contribution < -0.4 is 10.5 Å². The molecule has 0 saturated heterocycles. The van der Waals surface area contributed by atoms with Crippen molar-refractivity contribution in [3.05, 3.63) is 24.0 Å². The van der Waals surface area contributed by atoms with Gasteiger partial charge in [0.1, 0.15) is 10.7 Å². The molecule has 0 aromatic heterocycles. The van der Waals surface area contributed by atoms with E-state index in [1.54, 1.807) is 0 Å². The molecule has 2 rings (SSSR count). The fraction of sp³-hybridized carbons (Fsp3) is 0.571. The van der Waals surface area contributed by atoms with E-state index in [1.165, 1.54) is 0 Å². The Morgan fingerprint density at radius 1 is 1.21 bits per heavy atom. The molecule has 0 heterocycles. The van der Waals surface area contributed by atoms with Crippen LogP contribution in [0.2, 0.25) is 0 Å². The summed E-state index contributed by atoms with van der Waals surface area (Å²) in [4.78, 5) is -0.808. The van der Waals surface area contributed by atoms with Crippen LogP contribution in [0.5, 0.6) is 0 Å². The molecule has 1 saturated carbocycles. The van der Waals surface area contributed by atoms with E-state index in [1.807, 2.05) is 0 Å². The van der Waals surface area contributed by atoms with E-state index < -0.39 is 30.6 Å². The zero-order chi connectivity index (χ0) is 17.3. The maximum Gasteiger partial charge on any atom is 0.240 e. The van der Waals surface area contributed by atoms with E-state index >= 15 is 0 Å². The van der Waals surface area contributed by atoms with Crippen molar-refractivity contribution in [3.63, 3.8) is 0 Å². The lowest BCUT2D eigenvalue weighted by Gasteiger charge is -2.31. The van der Waals surface area contributed by atoms with Gasteiger partial charge in [-0.05, 0) is 43.5 Å². The monoisotopic (exact) mass is 400 g/mol. The van der Waals surface area contributed by atoms with Crippen LogP contribution in [0.3, 0.4) is 0 Å². The Balaban J connectivity index is 0.00000288. The van der Waals surface area contributed by atoms with Gasteiger partial charge in [0.2, 0.25) is 10.0 Å². The summed E-state index contributed by atoms with van der Waals surface area (Å²) in [6.45, 7) is 0.383. The summed E-state index contributed by atoms with van der Waals surface area (Å²) in [7, 11) is -7.67. The third-order valence-electron chi connectivity index (χ3n) is 4.13. The molecule has 0 radical (unpaired) electrons. The minimum atomic E-state index is -3.93. The van der Waals surface area contributed by atoms with Gasteiger partial charge in [-0.1, -0.05) is 12.8 Å². The van der Waals surface area contributed by atoms with Crippen LogP contribution in [-0.4, -0.2) is 35.7 Å². The van der Waals surface area contributed by atoms with Gasteiger partial charge < -0.3 is 5.73 Å². The Hall–Kier alpha value is -0.740. The number of sulfone groups is 1. The van der Waals surface area contributed by atoms with E-state index in [-0.39, 0.29) is 29.3 Å². The highest BCUT2D eigenvalue weighted by molar-refractivity contribution is 7.90. The lowest BCUT2D eigenvalue weighted by Crippen LogP contribution is -2.44. The molecule has 138 valence electrons. The molecule has 1 aromatic carbocycles. The smallest absolute Gasteiger partial charge is 0.240 e. The minimum Gasteiger partial charge on any atom is -0.330 e. The van der Waals surface area contributed by atoms with Gasteiger partial charge in [0.15, 0.2) is 9.84 Å². The topological polar surface area (TPSA) is 106 Å². The fourth-order valence-electron chi connectivity index (χ4n) is 2.86. The number of rotatable bonds is 5. The maximum atomic E-state index is 13.9. The summed E-state index contributed by atoms with van der Waals surface area (Å²) in [6, 6.07) is 2.53. The highest BCUT2D eigenvalue weighted by Crippen LogP contribution is 2.26. The largest absolute Gasteiger partial charge is 0.330 e. The molecule has 0 amide bonds. The molecular weight excluding hydrogens is 379 g/mol. The van der Waals surface area contributed by atoms with Crippen molar-refractivity contribution >= 4 is 32.3 Å². The molecule has 1 aliphatic carbocycles. The average molecular weight is 401 g/mol. The molecule has 3 N–H and O–H groups in total. The summed E-state index contributed by atoms with van der Waals surface area (Å²) in [5.74, 6) is -1.02. The third-order valence-corrected chi connectivity index (χ3v) is 6.75. The number of nitrogens with one attached hydrogen (secondary N) is 1. The Labute approximate surface area is 148 Å². The second-order valence-corrected chi connectivity index (χ2v) is 9.57. The standard InChI is InChI=1S/C14H21FN2O4S2.ClH/c1-22(18,19)14-7-6-11(8-12(14)15)23(20,21)17-13-5-3-2-4-10(13)9-16;/h6-8,10,13,17H,2-5,9,16H2,1H3;1H. The van der Waals surface area contributed by atoms with Gasteiger partial charge in [0.05, 0.1) is 4.90 Å². The summed E-state index contributed by atoms with van der Waals surface area (Å²) in [5, 5.41) is 0. The quantitative estimate of drug-likeness (QED) is 0.777. The molecule has 0 bridgehead atoms. The average Bonchev–Trinajstić information content (AvgIpc) is 2.46. The van der Waals surface area contributed by atoms with Gasteiger partial charge in [0, 0.05) is 12.3 Å². The molecule has 2 unspecified atom stereocenters. The van der Waals surface area contributed by atoms with Crippen LogP contribution in [0.25, 0.3) is 0 Å². The molecule has 24 heavy (non-hydrogen) atoms. The molecule has 2 atom stereocenters. The number of nitrogens with two attached hydrogens (primary N) is 1. The predicted octanol–water partition coefficient (Wildman–Crippen LogP) is 1.45. The lowest BCUT2D eigenvalue weighted by molar-refractivity contribution is 0.296. The lowest BCUT2D eigenvalue weighted by atomic mass is 9.85. The Kier molecular flexibility index (Phi) is 7.18. The summed E-state index contributed by atoms with van der Waals surface area (Å²) < 4.78 is 64.1. The summed E-state index contributed by atoms with van der Waals surface area (Å²) in [6.07, 6.45) is 4.32. The normalized spacial score (nSPS) is 22.0. The Morgan fingerprint density at radius 3 is 2.38 bits per heavy atom. The van der Waals surface area contributed by atoms with Crippen molar-refractivity contribution in [3.8, 4) is 0 Å². The van der Waals surface area contributed by atoms with Gasteiger partial charge >= 0.3 is 0 Å². The first-order valence-electron chi connectivity index (χ1n) is 7.37. The van der Waals surface area contributed by atoms with Crippen LogP contribution in [0.4, 0.5) is 4.39 Å². The van der Waals surface area contributed by atoms with Crippen molar-refractivity contribution in [2.75, 3.05) is 12.8 Å². The zero-order valence-electron chi connectivity index (χ0n) is 13.2. The maximum absolute atomic E-state index is 13.9. The van der Waals surface area contributed by atoms with Gasteiger partial charge in [-0.25, -0.2) is 25.9 Å². The van der Waals surface area contributed by atoms with Gasteiger partial charge in [-0.3, -0.25) is 0 Å². The van der Waals surface area contributed by atoms with Crippen LogP contribution >= 0.6 is 12.4 Å². The predicted molar refractivity (Wildman–Crippen MR) is 91.9 cm³/mol. The van der Waals surface area contributed by atoms with Crippen molar-refractivity contribution in [2.45, 2.75) is 41.5 Å². The van der Waals surface area contributed by atoms with Gasteiger partial charge in [0.25, 0.3) is 0 Å². The van der Waals surface area contributed by atoms with Crippen LogP contribution in [-0.2, 0) is 19.9 Å². The van der Waals surface area contributed by atoms with E-state index in [0.717, 1.165) is 43.7 Å².